The molecule has 0 saturated carbocycles. The SMILES string of the molecule is CCOC(=O)CC1CCC2(CCNCC2)O1. The van der Waals surface area contributed by atoms with Crippen LogP contribution in [-0.2, 0) is 14.3 Å². The molecule has 0 aromatic rings. The molecule has 2 fully saturated rings. The maximum Gasteiger partial charge on any atom is 0.308 e. The fourth-order valence-corrected chi connectivity index (χ4v) is 2.70. The van der Waals surface area contributed by atoms with Gasteiger partial charge in [-0.3, -0.25) is 4.79 Å². The summed E-state index contributed by atoms with van der Waals surface area (Å²) in [5, 5.41) is 3.34. The third-order valence-corrected chi connectivity index (χ3v) is 3.55. The molecule has 2 aliphatic heterocycles. The molecule has 92 valence electrons. The van der Waals surface area contributed by atoms with Gasteiger partial charge in [-0.2, -0.15) is 0 Å². The van der Waals surface area contributed by atoms with E-state index in [2.05, 4.69) is 5.32 Å². The molecule has 1 atom stereocenters. The molecule has 0 aliphatic carbocycles. The lowest BCUT2D eigenvalue weighted by Crippen LogP contribution is -2.42. The molecule has 4 nitrogen and oxygen atoms in total. The maximum absolute atomic E-state index is 11.4. The highest BCUT2D eigenvalue weighted by Crippen LogP contribution is 2.38. The van der Waals surface area contributed by atoms with Crippen molar-refractivity contribution in [3.05, 3.63) is 0 Å². The predicted molar refractivity (Wildman–Crippen MR) is 60.2 cm³/mol. The quantitative estimate of drug-likeness (QED) is 0.737. The highest BCUT2D eigenvalue weighted by Gasteiger charge is 2.41. The maximum atomic E-state index is 11.4. The van der Waals surface area contributed by atoms with Gasteiger partial charge in [-0.1, -0.05) is 0 Å². The molecule has 0 radical (unpaired) electrons. The van der Waals surface area contributed by atoms with E-state index in [0.717, 1.165) is 38.8 Å². The van der Waals surface area contributed by atoms with Gasteiger partial charge in [0, 0.05) is 0 Å². The van der Waals surface area contributed by atoms with Crippen LogP contribution in [0.2, 0.25) is 0 Å². The number of hydrogen-bond acceptors (Lipinski definition) is 4. The summed E-state index contributed by atoms with van der Waals surface area (Å²) in [6.07, 6.45) is 4.75. The highest BCUT2D eigenvalue weighted by molar-refractivity contribution is 5.69. The Morgan fingerprint density at radius 1 is 1.44 bits per heavy atom. The van der Waals surface area contributed by atoms with Crippen molar-refractivity contribution in [2.75, 3.05) is 19.7 Å². The fourth-order valence-electron chi connectivity index (χ4n) is 2.70. The molecule has 0 amide bonds. The number of carbonyl (C=O) groups is 1. The van der Waals surface area contributed by atoms with Gasteiger partial charge < -0.3 is 14.8 Å². The van der Waals surface area contributed by atoms with Crippen molar-refractivity contribution in [2.45, 2.75) is 50.7 Å². The molecule has 0 aromatic heterocycles. The minimum atomic E-state index is -0.126. The highest BCUT2D eigenvalue weighted by atomic mass is 16.5. The number of piperidine rings is 1. The molecule has 2 heterocycles. The van der Waals surface area contributed by atoms with Gasteiger partial charge in [0.15, 0.2) is 0 Å². The van der Waals surface area contributed by atoms with E-state index >= 15 is 0 Å². The van der Waals surface area contributed by atoms with Gasteiger partial charge in [0.1, 0.15) is 0 Å². The van der Waals surface area contributed by atoms with E-state index in [1.807, 2.05) is 6.92 Å². The van der Waals surface area contributed by atoms with E-state index < -0.39 is 0 Å². The van der Waals surface area contributed by atoms with Gasteiger partial charge in [-0.25, -0.2) is 0 Å². The van der Waals surface area contributed by atoms with Crippen LogP contribution in [0.4, 0.5) is 0 Å². The monoisotopic (exact) mass is 227 g/mol. The fraction of sp³-hybridized carbons (Fsp3) is 0.917. The standard InChI is InChI=1S/C12H21NO3/c1-2-15-11(14)9-10-3-4-12(16-10)5-7-13-8-6-12/h10,13H,2-9H2,1H3. The van der Waals surface area contributed by atoms with Crippen molar-refractivity contribution in [3.8, 4) is 0 Å². The average Bonchev–Trinajstić information content (AvgIpc) is 2.63. The lowest BCUT2D eigenvalue weighted by Gasteiger charge is -2.33. The minimum absolute atomic E-state index is 0.0579. The Kier molecular flexibility index (Phi) is 3.82. The molecule has 2 rings (SSSR count). The van der Waals surface area contributed by atoms with Crippen LogP contribution in [0.5, 0.6) is 0 Å². The Morgan fingerprint density at radius 2 is 2.19 bits per heavy atom. The zero-order chi connectivity index (χ0) is 11.4. The summed E-state index contributed by atoms with van der Waals surface area (Å²) < 4.78 is 11.0. The zero-order valence-electron chi connectivity index (χ0n) is 9.96. The van der Waals surface area contributed by atoms with Gasteiger partial charge in [0.05, 0.1) is 24.7 Å². The Labute approximate surface area is 96.7 Å². The molecular weight excluding hydrogens is 206 g/mol. The molecule has 1 N–H and O–H groups in total. The molecule has 1 unspecified atom stereocenters. The third-order valence-electron chi connectivity index (χ3n) is 3.55. The predicted octanol–water partition coefficient (Wildman–Crippen LogP) is 1.24. The van der Waals surface area contributed by atoms with Gasteiger partial charge >= 0.3 is 5.97 Å². The van der Waals surface area contributed by atoms with Crippen molar-refractivity contribution in [1.82, 2.24) is 5.32 Å². The van der Waals surface area contributed by atoms with E-state index in [1.165, 1.54) is 0 Å². The van der Waals surface area contributed by atoms with Gasteiger partial charge in [0.25, 0.3) is 0 Å². The Balaban J connectivity index is 1.80. The minimum Gasteiger partial charge on any atom is -0.466 e. The van der Waals surface area contributed by atoms with Crippen LogP contribution in [-0.4, -0.2) is 37.4 Å². The second-order valence-corrected chi connectivity index (χ2v) is 4.72. The Morgan fingerprint density at radius 3 is 2.88 bits per heavy atom. The number of esters is 1. The van der Waals surface area contributed by atoms with Crippen molar-refractivity contribution in [1.29, 1.82) is 0 Å². The van der Waals surface area contributed by atoms with E-state index in [-0.39, 0.29) is 17.7 Å². The third kappa shape index (κ3) is 2.74. The molecule has 0 aromatic carbocycles. The first-order chi connectivity index (χ1) is 7.74. The Hall–Kier alpha value is -0.610. The Bertz CT molecular complexity index is 249. The van der Waals surface area contributed by atoms with Crippen molar-refractivity contribution in [3.63, 3.8) is 0 Å². The number of ether oxygens (including phenoxy) is 2. The lowest BCUT2D eigenvalue weighted by atomic mass is 9.89. The lowest BCUT2D eigenvalue weighted by molar-refractivity contribution is -0.148. The van der Waals surface area contributed by atoms with E-state index in [0.29, 0.717) is 13.0 Å². The first kappa shape index (κ1) is 11.9. The molecular formula is C12H21NO3. The molecule has 16 heavy (non-hydrogen) atoms. The zero-order valence-corrected chi connectivity index (χ0v) is 9.96. The molecule has 1 spiro atoms. The number of carbonyl (C=O) groups excluding carboxylic acids is 1. The second kappa shape index (κ2) is 5.15. The first-order valence-corrected chi connectivity index (χ1v) is 6.28. The summed E-state index contributed by atoms with van der Waals surface area (Å²) >= 11 is 0. The van der Waals surface area contributed by atoms with Crippen LogP contribution in [0.15, 0.2) is 0 Å². The summed E-state index contributed by atoms with van der Waals surface area (Å²) in [6.45, 7) is 4.36. The van der Waals surface area contributed by atoms with Crippen LogP contribution in [0, 0.1) is 0 Å². The van der Waals surface area contributed by atoms with Gasteiger partial charge in [-0.15, -0.1) is 0 Å². The summed E-state index contributed by atoms with van der Waals surface area (Å²) in [6, 6.07) is 0. The van der Waals surface area contributed by atoms with Crippen LogP contribution >= 0.6 is 0 Å². The summed E-state index contributed by atoms with van der Waals surface area (Å²) in [4.78, 5) is 11.4. The number of hydrogen-bond donors (Lipinski definition) is 1. The summed E-state index contributed by atoms with van der Waals surface area (Å²) in [7, 11) is 0. The first-order valence-electron chi connectivity index (χ1n) is 6.28. The van der Waals surface area contributed by atoms with Crippen LogP contribution < -0.4 is 5.32 Å². The topological polar surface area (TPSA) is 47.6 Å². The van der Waals surface area contributed by atoms with Crippen molar-refractivity contribution < 1.29 is 14.3 Å². The average molecular weight is 227 g/mol. The smallest absolute Gasteiger partial charge is 0.308 e. The number of rotatable bonds is 3. The van der Waals surface area contributed by atoms with Crippen molar-refractivity contribution in [2.24, 2.45) is 0 Å². The van der Waals surface area contributed by atoms with E-state index in [1.54, 1.807) is 0 Å². The summed E-state index contributed by atoms with van der Waals surface area (Å²) in [5.74, 6) is -0.126. The van der Waals surface area contributed by atoms with Crippen molar-refractivity contribution >= 4 is 5.97 Å². The van der Waals surface area contributed by atoms with Crippen LogP contribution in [0.3, 0.4) is 0 Å². The largest absolute Gasteiger partial charge is 0.466 e. The molecule has 2 saturated heterocycles. The molecule has 0 bridgehead atoms. The molecule has 4 heteroatoms. The number of nitrogens with one attached hydrogen (secondary N) is 1. The summed E-state index contributed by atoms with van der Waals surface area (Å²) in [5.41, 5.74) is 0.0579. The second-order valence-electron chi connectivity index (χ2n) is 4.72. The normalized spacial score (nSPS) is 28.2. The van der Waals surface area contributed by atoms with Crippen LogP contribution in [0.25, 0.3) is 0 Å². The van der Waals surface area contributed by atoms with Gasteiger partial charge in [0.2, 0.25) is 0 Å². The molecule has 2 aliphatic rings. The van der Waals surface area contributed by atoms with Gasteiger partial charge in [-0.05, 0) is 45.7 Å². The van der Waals surface area contributed by atoms with E-state index in [4.69, 9.17) is 9.47 Å². The van der Waals surface area contributed by atoms with E-state index in [9.17, 15) is 4.79 Å². The van der Waals surface area contributed by atoms with Crippen LogP contribution in [0.1, 0.15) is 39.0 Å².